The zero-order chi connectivity index (χ0) is 14.5. The van der Waals surface area contributed by atoms with Crippen LogP contribution in [0.15, 0.2) is 18.2 Å². The summed E-state index contributed by atoms with van der Waals surface area (Å²) in [5.74, 6) is 0.900. The van der Waals surface area contributed by atoms with Gasteiger partial charge in [-0.15, -0.1) is 0 Å². The van der Waals surface area contributed by atoms with Crippen molar-refractivity contribution in [3.63, 3.8) is 0 Å². The van der Waals surface area contributed by atoms with Crippen LogP contribution in [0.3, 0.4) is 0 Å². The first-order valence-electron chi connectivity index (χ1n) is 6.41. The number of hydrogen-bond donors (Lipinski definition) is 1. The van der Waals surface area contributed by atoms with E-state index in [1.807, 2.05) is 11.8 Å². The standard InChI is InChI=1S/C13H15ClN2O3S/c14-11-7-9(4-5-12(11)16(18)19)13(17)15-8-10-3-1-2-6-20-10/h4-5,7,10H,1-3,6,8H2,(H,15,17). The second-order valence-corrected chi connectivity index (χ2v) is 6.44. The van der Waals surface area contributed by atoms with Crippen LogP contribution in [0.25, 0.3) is 0 Å². The number of carbonyl (C=O) groups is 1. The van der Waals surface area contributed by atoms with E-state index >= 15 is 0 Å². The summed E-state index contributed by atoms with van der Waals surface area (Å²) >= 11 is 7.67. The number of nitrogens with zero attached hydrogens (tertiary/aromatic N) is 1. The molecular weight excluding hydrogens is 300 g/mol. The summed E-state index contributed by atoms with van der Waals surface area (Å²) in [7, 11) is 0. The molecule has 0 spiro atoms. The Balaban J connectivity index is 1.95. The Morgan fingerprint density at radius 2 is 2.30 bits per heavy atom. The van der Waals surface area contributed by atoms with Crippen LogP contribution >= 0.6 is 23.4 Å². The van der Waals surface area contributed by atoms with E-state index in [1.54, 1.807) is 0 Å². The SMILES string of the molecule is O=C(NCC1CCCCS1)c1ccc([N+](=O)[O-])c(Cl)c1. The molecule has 0 radical (unpaired) electrons. The summed E-state index contributed by atoms with van der Waals surface area (Å²) in [5.41, 5.74) is 0.160. The molecule has 1 saturated heterocycles. The average molecular weight is 315 g/mol. The van der Waals surface area contributed by atoms with Gasteiger partial charge in [0.05, 0.1) is 4.92 Å². The van der Waals surface area contributed by atoms with E-state index in [2.05, 4.69) is 5.32 Å². The summed E-state index contributed by atoms with van der Waals surface area (Å²) in [5, 5.41) is 13.9. The maximum atomic E-state index is 12.0. The highest BCUT2D eigenvalue weighted by molar-refractivity contribution is 7.99. The molecule has 0 saturated carbocycles. The van der Waals surface area contributed by atoms with Gasteiger partial charge in [0.25, 0.3) is 11.6 Å². The Morgan fingerprint density at radius 1 is 1.50 bits per heavy atom. The molecule has 7 heteroatoms. The van der Waals surface area contributed by atoms with Gasteiger partial charge in [-0.2, -0.15) is 11.8 Å². The van der Waals surface area contributed by atoms with Gasteiger partial charge in [0.15, 0.2) is 0 Å². The molecule has 1 aromatic carbocycles. The van der Waals surface area contributed by atoms with E-state index in [1.165, 1.54) is 31.0 Å². The largest absolute Gasteiger partial charge is 0.351 e. The number of amides is 1. The first-order chi connectivity index (χ1) is 9.58. The summed E-state index contributed by atoms with van der Waals surface area (Å²) in [6.45, 7) is 0.623. The fraction of sp³-hybridized carbons (Fsp3) is 0.462. The third-order valence-corrected chi connectivity index (χ3v) is 4.87. The number of nitro groups is 1. The monoisotopic (exact) mass is 314 g/mol. The Morgan fingerprint density at radius 3 is 2.90 bits per heavy atom. The molecule has 2 rings (SSSR count). The molecule has 108 valence electrons. The molecule has 20 heavy (non-hydrogen) atoms. The third kappa shape index (κ3) is 3.86. The molecule has 1 amide bonds. The fourth-order valence-corrected chi connectivity index (χ4v) is 3.56. The van der Waals surface area contributed by atoms with Crippen molar-refractivity contribution in [1.82, 2.24) is 5.32 Å². The summed E-state index contributed by atoms with van der Waals surface area (Å²) in [6.07, 6.45) is 3.57. The van der Waals surface area contributed by atoms with Crippen LogP contribution in [-0.4, -0.2) is 28.4 Å². The highest BCUT2D eigenvalue weighted by atomic mass is 35.5. The van der Waals surface area contributed by atoms with Gasteiger partial charge in [0.2, 0.25) is 0 Å². The fourth-order valence-electron chi connectivity index (χ4n) is 2.07. The number of carbonyl (C=O) groups excluding carboxylic acids is 1. The van der Waals surface area contributed by atoms with Gasteiger partial charge < -0.3 is 5.32 Å². The number of nitro benzene ring substituents is 1. The number of benzene rings is 1. The molecule has 1 atom stereocenters. The van der Waals surface area contributed by atoms with Gasteiger partial charge in [-0.25, -0.2) is 0 Å². The maximum absolute atomic E-state index is 12.0. The second-order valence-electron chi connectivity index (χ2n) is 4.62. The summed E-state index contributed by atoms with van der Waals surface area (Å²) < 4.78 is 0. The Hall–Kier alpha value is -1.27. The molecule has 1 aliphatic rings. The average Bonchev–Trinajstić information content (AvgIpc) is 2.45. The van der Waals surface area contributed by atoms with Gasteiger partial charge in [0.1, 0.15) is 5.02 Å². The zero-order valence-electron chi connectivity index (χ0n) is 10.8. The van der Waals surface area contributed by atoms with Crippen LogP contribution in [0.2, 0.25) is 5.02 Å². The van der Waals surface area contributed by atoms with Gasteiger partial charge in [-0.3, -0.25) is 14.9 Å². The van der Waals surface area contributed by atoms with Crippen molar-refractivity contribution in [1.29, 1.82) is 0 Å². The molecular formula is C13H15ClN2O3S. The quantitative estimate of drug-likeness (QED) is 0.684. The summed E-state index contributed by atoms with van der Waals surface area (Å²) in [4.78, 5) is 22.1. The van der Waals surface area contributed by atoms with Crippen LogP contribution in [0, 0.1) is 10.1 Å². The summed E-state index contributed by atoms with van der Waals surface area (Å²) in [6, 6.07) is 4.02. The number of hydrogen-bond acceptors (Lipinski definition) is 4. The van der Waals surface area contributed by atoms with Crippen molar-refractivity contribution in [3.8, 4) is 0 Å². The number of thioether (sulfide) groups is 1. The molecule has 1 N–H and O–H groups in total. The van der Waals surface area contributed by atoms with E-state index < -0.39 is 4.92 Å². The lowest BCUT2D eigenvalue weighted by molar-refractivity contribution is -0.384. The highest BCUT2D eigenvalue weighted by Crippen LogP contribution is 2.26. The zero-order valence-corrected chi connectivity index (χ0v) is 12.4. The molecule has 1 unspecified atom stereocenters. The third-order valence-electron chi connectivity index (χ3n) is 3.17. The predicted octanol–water partition coefficient (Wildman–Crippen LogP) is 3.26. The van der Waals surface area contributed by atoms with E-state index in [-0.39, 0.29) is 16.6 Å². The van der Waals surface area contributed by atoms with E-state index in [4.69, 9.17) is 11.6 Å². The Bertz CT molecular complexity index is 518. The molecule has 1 aliphatic heterocycles. The van der Waals surface area contributed by atoms with Crippen molar-refractivity contribution in [2.45, 2.75) is 24.5 Å². The van der Waals surface area contributed by atoms with Gasteiger partial charge in [-0.1, -0.05) is 18.0 Å². The lowest BCUT2D eigenvalue weighted by Gasteiger charge is -2.21. The van der Waals surface area contributed by atoms with Crippen LogP contribution < -0.4 is 5.32 Å². The van der Waals surface area contributed by atoms with Crippen LogP contribution in [-0.2, 0) is 0 Å². The van der Waals surface area contributed by atoms with E-state index in [9.17, 15) is 14.9 Å². The van der Waals surface area contributed by atoms with Crippen LogP contribution in [0.1, 0.15) is 29.6 Å². The van der Waals surface area contributed by atoms with Crippen molar-refractivity contribution in [2.75, 3.05) is 12.3 Å². The minimum atomic E-state index is -0.567. The maximum Gasteiger partial charge on any atom is 0.287 e. The van der Waals surface area contributed by atoms with Crippen LogP contribution in [0.4, 0.5) is 5.69 Å². The number of rotatable bonds is 4. The van der Waals surface area contributed by atoms with Gasteiger partial charge >= 0.3 is 0 Å². The van der Waals surface area contributed by atoms with Crippen molar-refractivity contribution >= 4 is 35.0 Å². The predicted molar refractivity (Wildman–Crippen MR) is 80.5 cm³/mol. The van der Waals surface area contributed by atoms with Gasteiger partial charge in [-0.05, 0) is 30.7 Å². The molecule has 0 aromatic heterocycles. The Kier molecular flexibility index (Phi) is 5.25. The smallest absolute Gasteiger partial charge is 0.287 e. The number of halogens is 1. The minimum absolute atomic E-state index is 0.0188. The second kappa shape index (κ2) is 6.95. The Labute approximate surface area is 126 Å². The van der Waals surface area contributed by atoms with Crippen molar-refractivity contribution in [2.24, 2.45) is 0 Å². The first-order valence-corrected chi connectivity index (χ1v) is 7.84. The van der Waals surface area contributed by atoms with E-state index in [0.29, 0.717) is 17.4 Å². The lowest BCUT2D eigenvalue weighted by atomic mass is 10.1. The molecule has 0 bridgehead atoms. The normalized spacial score (nSPS) is 18.6. The molecule has 1 heterocycles. The molecule has 1 fully saturated rings. The topological polar surface area (TPSA) is 72.2 Å². The van der Waals surface area contributed by atoms with Gasteiger partial charge in [0, 0.05) is 23.4 Å². The van der Waals surface area contributed by atoms with E-state index in [0.717, 1.165) is 12.2 Å². The number of nitrogens with one attached hydrogen (secondary N) is 1. The minimum Gasteiger partial charge on any atom is -0.351 e. The molecule has 5 nitrogen and oxygen atoms in total. The van der Waals surface area contributed by atoms with Crippen LogP contribution in [0.5, 0.6) is 0 Å². The molecule has 1 aromatic rings. The molecule has 0 aliphatic carbocycles. The highest BCUT2D eigenvalue weighted by Gasteiger charge is 2.17. The van der Waals surface area contributed by atoms with Crippen molar-refractivity contribution < 1.29 is 9.72 Å². The first kappa shape index (κ1) is 15.1. The lowest BCUT2D eigenvalue weighted by Crippen LogP contribution is -2.31. The van der Waals surface area contributed by atoms with Crippen molar-refractivity contribution in [3.05, 3.63) is 38.9 Å².